The number of aromatic nitrogens is 1. The number of fused-ring (bicyclic) bond motifs is 3. The lowest BCUT2D eigenvalue weighted by molar-refractivity contribution is -0.377. The van der Waals surface area contributed by atoms with E-state index in [1.807, 2.05) is 6.07 Å². The van der Waals surface area contributed by atoms with Gasteiger partial charge in [-0.05, 0) is 79.4 Å². The average Bonchev–Trinajstić information content (AvgIpc) is 3.14. The number of esters is 1. The lowest BCUT2D eigenvalue weighted by Gasteiger charge is -2.44. The van der Waals surface area contributed by atoms with Crippen molar-refractivity contribution in [2.75, 3.05) is 38.8 Å². The fourth-order valence-electron chi connectivity index (χ4n) is 6.58. The summed E-state index contributed by atoms with van der Waals surface area (Å²) in [6.45, 7) is 2.73. The van der Waals surface area contributed by atoms with Gasteiger partial charge in [0.2, 0.25) is 0 Å². The molecule has 272 valence electrons. The molecule has 0 aliphatic carbocycles. The van der Waals surface area contributed by atoms with Crippen LogP contribution in [0.1, 0.15) is 51.6 Å². The highest BCUT2D eigenvalue weighted by Gasteiger charge is 2.37. The number of aromatic amines is 1. The minimum absolute atomic E-state index is 0. The van der Waals surface area contributed by atoms with E-state index in [0.717, 1.165) is 25.9 Å². The Bertz CT molecular complexity index is 1930. The lowest BCUT2D eigenvalue weighted by atomic mass is 9.86. The number of halogens is 2. The van der Waals surface area contributed by atoms with E-state index in [4.69, 9.17) is 42.1 Å². The monoisotopic (exact) mass is 748 g/mol. The van der Waals surface area contributed by atoms with Crippen LogP contribution in [0.2, 0.25) is 10.0 Å². The number of carbonyl (C=O) groups is 2. The van der Waals surface area contributed by atoms with E-state index in [-0.39, 0.29) is 41.4 Å². The summed E-state index contributed by atoms with van der Waals surface area (Å²) in [4.78, 5) is 33.9. The van der Waals surface area contributed by atoms with Crippen molar-refractivity contribution < 1.29 is 44.1 Å². The van der Waals surface area contributed by atoms with Gasteiger partial charge in [0.1, 0.15) is 28.0 Å². The number of ether oxygens (including phenoxy) is 4. The number of amides is 1. The maximum absolute atomic E-state index is 13.7. The Morgan fingerprint density at radius 3 is 2.31 bits per heavy atom. The van der Waals surface area contributed by atoms with Crippen molar-refractivity contribution in [1.29, 1.82) is 5.26 Å². The number of phenols is 1. The number of piperidine rings is 3. The number of nitrogens with one attached hydrogen (secondary N) is 1. The van der Waals surface area contributed by atoms with Gasteiger partial charge in [0.25, 0.3) is 0 Å². The molecule has 0 spiro atoms. The predicted octanol–water partition coefficient (Wildman–Crippen LogP) is 6.60. The van der Waals surface area contributed by atoms with Crippen LogP contribution in [0.5, 0.6) is 17.2 Å². The van der Waals surface area contributed by atoms with Gasteiger partial charge in [-0.3, -0.25) is 9.80 Å². The van der Waals surface area contributed by atoms with Gasteiger partial charge in [0.15, 0.2) is 23.9 Å². The van der Waals surface area contributed by atoms with Crippen LogP contribution >= 0.6 is 23.2 Å². The fourth-order valence-corrected chi connectivity index (χ4v) is 7.11. The zero-order chi connectivity index (χ0) is 36.1. The van der Waals surface area contributed by atoms with Crippen molar-refractivity contribution in [1.82, 2.24) is 4.90 Å². The molecule has 0 radical (unpaired) electrons. The summed E-state index contributed by atoms with van der Waals surface area (Å²) in [5.74, 6) is 0.525. The second kappa shape index (κ2) is 17.0. The van der Waals surface area contributed by atoms with Gasteiger partial charge < -0.3 is 29.5 Å². The van der Waals surface area contributed by atoms with Gasteiger partial charge in [-0.2, -0.15) is 5.26 Å². The van der Waals surface area contributed by atoms with Crippen LogP contribution in [0.15, 0.2) is 73.1 Å². The van der Waals surface area contributed by atoms with Crippen molar-refractivity contribution >= 4 is 41.0 Å². The Kier molecular flexibility index (Phi) is 12.5. The second-order valence-electron chi connectivity index (χ2n) is 12.5. The normalized spacial score (nSPS) is 17.9. The molecule has 12 nitrogen and oxygen atoms in total. The molecule has 3 aliphatic heterocycles. The molecule has 0 unspecified atom stereocenters. The molecular weight excluding hydrogens is 711 g/mol. The molecule has 1 amide bonds. The van der Waals surface area contributed by atoms with E-state index in [1.54, 1.807) is 54.9 Å². The molecule has 1 aromatic heterocycles. The second-order valence-corrected chi connectivity index (χ2v) is 13.3. The molecule has 3 N–H and O–H groups in total. The number of methoxy groups -OCH3 is 2. The number of benzene rings is 3. The third kappa shape index (κ3) is 8.69. The number of nitriles is 1. The molecule has 0 saturated carbocycles. The van der Waals surface area contributed by atoms with E-state index in [9.17, 15) is 20.0 Å². The molecule has 2 atom stereocenters. The molecule has 3 fully saturated rings. The van der Waals surface area contributed by atoms with E-state index in [2.05, 4.69) is 9.88 Å². The topological polar surface area (TPSA) is 166 Å². The van der Waals surface area contributed by atoms with Crippen LogP contribution < -0.4 is 19.4 Å². The number of hydrogen-bond acceptors (Lipinski definition) is 10. The molecule has 14 heteroatoms. The van der Waals surface area contributed by atoms with Gasteiger partial charge in [-0.15, -0.1) is 0 Å². The maximum atomic E-state index is 13.7. The first-order chi connectivity index (χ1) is 24.6. The van der Waals surface area contributed by atoms with Crippen molar-refractivity contribution in [3.63, 3.8) is 0 Å². The molecular formula is C38H38Cl2N4O8. The number of phenolic OH excluding ortho intramolecular Hbond substituents is 1. The summed E-state index contributed by atoms with van der Waals surface area (Å²) in [6.07, 6.45) is 3.69. The highest BCUT2D eigenvalue weighted by atomic mass is 35.5. The van der Waals surface area contributed by atoms with Crippen LogP contribution in [0, 0.1) is 17.2 Å². The Morgan fingerprint density at radius 1 is 1.00 bits per heavy atom. The van der Waals surface area contributed by atoms with Crippen LogP contribution in [0.25, 0.3) is 0 Å². The van der Waals surface area contributed by atoms with Gasteiger partial charge in [0.05, 0.1) is 43.6 Å². The number of hydrogen-bond donors (Lipinski definition) is 1. The minimum atomic E-state index is -0.800. The third-order valence-corrected chi connectivity index (χ3v) is 10.0. The van der Waals surface area contributed by atoms with Crippen molar-refractivity contribution in [3.8, 4) is 23.3 Å². The van der Waals surface area contributed by atoms with Crippen LogP contribution in [-0.4, -0.2) is 67.5 Å². The van der Waals surface area contributed by atoms with Gasteiger partial charge in [-0.1, -0.05) is 41.4 Å². The van der Waals surface area contributed by atoms with Crippen LogP contribution in [0.4, 0.5) is 10.5 Å². The molecule has 4 aromatic rings. The van der Waals surface area contributed by atoms with Crippen molar-refractivity contribution in [3.05, 3.63) is 111 Å². The number of rotatable bonds is 11. The van der Waals surface area contributed by atoms with E-state index >= 15 is 0 Å². The molecule has 4 heterocycles. The van der Waals surface area contributed by atoms with E-state index in [1.165, 1.54) is 37.3 Å². The minimum Gasteiger partial charge on any atom is -0.870 e. The van der Waals surface area contributed by atoms with Gasteiger partial charge in [-0.25, -0.2) is 14.6 Å². The first-order valence-corrected chi connectivity index (χ1v) is 17.2. The molecule has 7 rings (SSSR count). The highest BCUT2D eigenvalue weighted by molar-refractivity contribution is 6.35. The SMILES string of the molecule is COc1ccc([C@H](Cc2c(Cl)c[nH+]cc2Cl)OC(=O)c2ccc(CN(C(=O)O[C@H]3CN4CCC3CC4)c3cc(O)cc(C#N)c3)cc2)cc1OC.[OH-]. The standard InChI is InChI=1S/C38H36Cl2N4O7.H2O/c1-48-33-8-7-27(15-35(33)49-2)34(17-30-31(39)19-42-20-32(30)40)50-37(46)26-5-3-23(4-6-26)21-44(28-13-24(18-41)14-29(45)16-28)38(47)51-36-22-43-11-9-25(36)10-12-43;/h3-8,13-16,19-20,25,34,36,45H,9-12,17,21-22H2,1-2H3;1H2/t34-,36-;/m0./s1. The Balaban J connectivity index is 0.00000523. The Labute approximate surface area is 311 Å². The number of pyridine rings is 1. The quantitative estimate of drug-likeness (QED) is 0.165. The first kappa shape index (κ1) is 38.2. The lowest BCUT2D eigenvalue weighted by Crippen LogP contribution is -2.53. The molecule has 2 bridgehead atoms. The van der Waals surface area contributed by atoms with Crippen LogP contribution in [-0.2, 0) is 22.4 Å². The smallest absolute Gasteiger partial charge is 0.414 e. The summed E-state index contributed by atoms with van der Waals surface area (Å²) in [7, 11) is 3.05. The summed E-state index contributed by atoms with van der Waals surface area (Å²) < 4.78 is 23.0. The number of H-pyrrole nitrogens is 1. The fraction of sp³-hybridized carbons (Fsp3) is 0.316. The van der Waals surface area contributed by atoms with Crippen LogP contribution in [0.3, 0.4) is 0 Å². The number of anilines is 1. The summed E-state index contributed by atoms with van der Waals surface area (Å²) in [5, 5.41) is 20.7. The Hall–Kier alpha value is -5.06. The van der Waals surface area contributed by atoms with E-state index in [0.29, 0.717) is 56.4 Å². The van der Waals surface area contributed by atoms with E-state index < -0.39 is 18.2 Å². The van der Waals surface area contributed by atoms with Crippen molar-refractivity contribution in [2.24, 2.45) is 5.92 Å². The largest absolute Gasteiger partial charge is 0.870 e. The molecule has 3 saturated heterocycles. The third-order valence-electron chi connectivity index (χ3n) is 9.36. The first-order valence-electron chi connectivity index (χ1n) is 16.5. The Morgan fingerprint density at radius 2 is 1.69 bits per heavy atom. The summed E-state index contributed by atoms with van der Waals surface area (Å²) in [6, 6.07) is 18.2. The summed E-state index contributed by atoms with van der Waals surface area (Å²) >= 11 is 12.9. The van der Waals surface area contributed by atoms with Gasteiger partial charge in [0, 0.05) is 24.6 Å². The van der Waals surface area contributed by atoms with Gasteiger partial charge >= 0.3 is 12.1 Å². The number of aromatic hydroxyl groups is 1. The molecule has 3 aromatic carbocycles. The maximum Gasteiger partial charge on any atom is 0.414 e. The van der Waals surface area contributed by atoms with Crippen molar-refractivity contribution in [2.45, 2.75) is 38.0 Å². The molecule has 3 aliphatic rings. The molecule has 52 heavy (non-hydrogen) atoms. The zero-order valence-electron chi connectivity index (χ0n) is 28.6. The summed E-state index contributed by atoms with van der Waals surface area (Å²) in [5.41, 5.74) is 2.69. The number of nitrogens with zero attached hydrogens (tertiary/aromatic N) is 3. The predicted molar refractivity (Wildman–Crippen MR) is 191 cm³/mol. The highest BCUT2D eigenvalue weighted by Crippen LogP contribution is 2.36. The zero-order valence-corrected chi connectivity index (χ0v) is 30.1. The number of carbonyl (C=O) groups excluding carboxylic acids is 2. The average molecular weight is 750 g/mol.